The van der Waals surface area contributed by atoms with Crippen LogP contribution in [0.5, 0.6) is 0 Å². The molecule has 98 valence electrons. The van der Waals surface area contributed by atoms with Crippen LogP contribution in [0, 0.1) is 6.92 Å². The highest BCUT2D eigenvalue weighted by Crippen LogP contribution is 1.92. The van der Waals surface area contributed by atoms with Crippen LogP contribution in [-0.4, -0.2) is 31.4 Å². The Kier molecular flexibility index (Phi) is 7.78. The van der Waals surface area contributed by atoms with Gasteiger partial charge in [-0.2, -0.15) is 8.42 Å². The van der Waals surface area contributed by atoms with Crippen molar-refractivity contribution < 1.29 is 17.7 Å². The molecule has 5 heteroatoms. The molecule has 0 aliphatic carbocycles. The first-order chi connectivity index (χ1) is 7.81. The maximum Gasteiger partial charge on any atom is 0.267 e. The molecule has 0 aliphatic heterocycles. The number of hydrogen-bond donors (Lipinski definition) is 1. The lowest BCUT2D eigenvalue weighted by atomic mass is 10.2. The third kappa shape index (κ3) is 13.0. The summed E-state index contributed by atoms with van der Waals surface area (Å²) in [5, 5.41) is 0. The molecule has 0 saturated heterocycles. The average Bonchev–Trinajstić information content (AvgIpc) is 2.17. The molecule has 0 fully saturated rings. The number of rotatable bonds is 4. The second-order valence-corrected chi connectivity index (χ2v) is 5.43. The first-order valence-corrected chi connectivity index (χ1v) is 7.00. The van der Waals surface area contributed by atoms with Crippen LogP contribution >= 0.6 is 0 Å². The van der Waals surface area contributed by atoms with E-state index in [2.05, 4.69) is 19.1 Å². The van der Waals surface area contributed by atoms with E-state index in [4.69, 9.17) is 9.29 Å². The van der Waals surface area contributed by atoms with Gasteiger partial charge < -0.3 is 4.74 Å². The van der Waals surface area contributed by atoms with Gasteiger partial charge in [0.25, 0.3) is 10.1 Å². The molecule has 1 aromatic rings. The van der Waals surface area contributed by atoms with E-state index in [-0.39, 0.29) is 18.5 Å². The van der Waals surface area contributed by atoms with Gasteiger partial charge in [0.1, 0.15) is 0 Å². The number of hydrogen-bond acceptors (Lipinski definition) is 3. The predicted octanol–water partition coefficient (Wildman–Crippen LogP) is 2.29. The molecule has 0 aliphatic rings. The molecule has 1 rings (SSSR count). The highest BCUT2D eigenvalue weighted by Gasteiger charge is 2.03. The topological polar surface area (TPSA) is 63.6 Å². The van der Waals surface area contributed by atoms with Crippen molar-refractivity contribution in [2.24, 2.45) is 0 Å². The molecule has 0 spiro atoms. The molecule has 0 heterocycles. The van der Waals surface area contributed by atoms with Gasteiger partial charge in [-0.1, -0.05) is 35.9 Å². The van der Waals surface area contributed by atoms with E-state index in [1.807, 2.05) is 18.2 Å². The summed E-state index contributed by atoms with van der Waals surface area (Å²) in [7, 11) is -3.84. The van der Waals surface area contributed by atoms with Crippen LogP contribution < -0.4 is 0 Å². The van der Waals surface area contributed by atoms with Crippen molar-refractivity contribution in [1.29, 1.82) is 0 Å². The molecule has 17 heavy (non-hydrogen) atoms. The minimum atomic E-state index is -3.84. The molecule has 0 saturated carbocycles. The minimum Gasteiger partial charge on any atom is -0.378 e. The number of benzene rings is 1. The van der Waals surface area contributed by atoms with Gasteiger partial charge >= 0.3 is 0 Å². The van der Waals surface area contributed by atoms with Gasteiger partial charge in [0.15, 0.2) is 0 Å². The number of aryl methyl sites for hydroxylation is 1. The third-order valence-corrected chi connectivity index (χ3v) is 2.42. The molecule has 0 atom stereocenters. The van der Waals surface area contributed by atoms with E-state index in [1.54, 1.807) is 13.8 Å². The molecule has 1 N–H and O–H groups in total. The van der Waals surface area contributed by atoms with Crippen molar-refractivity contribution in [2.75, 3.05) is 12.4 Å². The molecule has 0 radical (unpaired) electrons. The summed E-state index contributed by atoms with van der Waals surface area (Å²) in [5.74, 6) is -0.328. The number of ether oxygens (including phenoxy) is 1. The normalized spacial score (nSPS) is 10.9. The Labute approximate surface area is 103 Å². The summed E-state index contributed by atoms with van der Waals surface area (Å²) in [4.78, 5) is 0. The average molecular weight is 260 g/mol. The SMILES string of the molecule is CC(C)OCCS(=O)(=O)O.Cc1ccccc1. The van der Waals surface area contributed by atoms with Crippen LogP contribution in [0.25, 0.3) is 0 Å². The summed E-state index contributed by atoms with van der Waals surface area (Å²) >= 11 is 0. The zero-order chi connectivity index (χ0) is 13.3. The molecular formula is C12H20O4S. The Bertz CT molecular complexity index is 384. The zero-order valence-electron chi connectivity index (χ0n) is 10.5. The van der Waals surface area contributed by atoms with Crippen molar-refractivity contribution in [2.45, 2.75) is 26.9 Å². The third-order valence-electron chi connectivity index (χ3n) is 1.73. The summed E-state index contributed by atoms with van der Waals surface area (Å²) in [6.45, 7) is 5.73. The molecule has 0 amide bonds. The van der Waals surface area contributed by atoms with Crippen LogP contribution in [0.2, 0.25) is 0 Å². The smallest absolute Gasteiger partial charge is 0.267 e. The fraction of sp³-hybridized carbons (Fsp3) is 0.500. The molecule has 0 bridgehead atoms. The largest absolute Gasteiger partial charge is 0.378 e. The lowest BCUT2D eigenvalue weighted by Crippen LogP contribution is -2.13. The van der Waals surface area contributed by atoms with Crippen LogP contribution in [0.15, 0.2) is 30.3 Å². The van der Waals surface area contributed by atoms with Gasteiger partial charge in [-0.25, -0.2) is 0 Å². The van der Waals surface area contributed by atoms with E-state index in [0.717, 1.165) is 0 Å². The fourth-order valence-corrected chi connectivity index (χ4v) is 1.23. The second kappa shape index (κ2) is 8.22. The Morgan fingerprint density at radius 2 is 1.76 bits per heavy atom. The van der Waals surface area contributed by atoms with Gasteiger partial charge in [-0.05, 0) is 20.8 Å². The second-order valence-electron chi connectivity index (χ2n) is 3.86. The fourth-order valence-electron chi connectivity index (χ4n) is 0.924. The lowest BCUT2D eigenvalue weighted by molar-refractivity contribution is 0.0905. The Morgan fingerprint density at radius 3 is 2.06 bits per heavy atom. The standard InChI is InChI=1S/C7H8.C5H12O4S/c1-7-5-3-2-4-6-7;1-5(2)9-3-4-10(6,7)8/h2-6H,1H3;5H,3-4H2,1-2H3,(H,6,7,8). The molecule has 4 nitrogen and oxygen atoms in total. The summed E-state index contributed by atoms with van der Waals surface area (Å²) in [6.07, 6.45) is 0.00162. The minimum absolute atomic E-state index is 0.00162. The maximum atomic E-state index is 10.1. The van der Waals surface area contributed by atoms with E-state index in [0.29, 0.717) is 0 Å². The van der Waals surface area contributed by atoms with Gasteiger partial charge in [-0.3, -0.25) is 4.55 Å². The summed E-state index contributed by atoms with van der Waals surface area (Å²) in [5.41, 5.74) is 1.32. The van der Waals surface area contributed by atoms with Crippen LogP contribution in [0.1, 0.15) is 19.4 Å². The quantitative estimate of drug-likeness (QED) is 0.844. The van der Waals surface area contributed by atoms with Crippen molar-refractivity contribution in [3.8, 4) is 0 Å². The Balaban J connectivity index is 0.000000318. The van der Waals surface area contributed by atoms with E-state index in [9.17, 15) is 8.42 Å². The predicted molar refractivity (Wildman–Crippen MR) is 68.7 cm³/mol. The maximum absolute atomic E-state index is 10.1. The van der Waals surface area contributed by atoms with Gasteiger partial charge in [-0.15, -0.1) is 0 Å². The van der Waals surface area contributed by atoms with Crippen molar-refractivity contribution in [3.63, 3.8) is 0 Å². The Morgan fingerprint density at radius 1 is 1.24 bits per heavy atom. The Hall–Kier alpha value is -0.910. The summed E-state index contributed by atoms with van der Waals surface area (Å²) < 4.78 is 33.3. The van der Waals surface area contributed by atoms with E-state index < -0.39 is 10.1 Å². The van der Waals surface area contributed by atoms with Crippen molar-refractivity contribution >= 4 is 10.1 Å². The zero-order valence-corrected chi connectivity index (χ0v) is 11.3. The van der Waals surface area contributed by atoms with Gasteiger partial charge in [0, 0.05) is 0 Å². The molecular weight excluding hydrogens is 240 g/mol. The molecule has 0 aromatic heterocycles. The first-order valence-electron chi connectivity index (χ1n) is 5.39. The highest BCUT2D eigenvalue weighted by atomic mass is 32.2. The van der Waals surface area contributed by atoms with E-state index >= 15 is 0 Å². The molecule has 1 aromatic carbocycles. The summed E-state index contributed by atoms with van der Waals surface area (Å²) in [6, 6.07) is 10.3. The van der Waals surface area contributed by atoms with Crippen LogP contribution in [-0.2, 0) is 14.9 Å². The first kappa shape index (κ1) is 16.1. The van der Waals surface area contributed by atoms with Crippen molar-refractivity contribution in [3.05, 3.63) is 35.9 Å². The highest BCUT2D eigenvalue weighted by molar-refractivity contribution is 7.85. The van der Waals surface area contributed by atoms with Crippen molar-refractivity contribution in [1.82, 2.24) is 0 Å². The lowest BCUT2D eigenvalue weighted by Gasteiger charge is -2.04. The molecule has 0 unspecified atom stereocenters. The van der Waals surface area contributed by atoms with Crippen LogP contribution in [0.4, 0.5) is 0 Å². The van der Waals surface area contributed by atoms with Gasteiger partial charge in [0.2, 0.25) is 0 Å². The van der Waals surface area contributed by atoms with E-state index in [1.165, 1.54) is 5.56 Å². The van der Waals surface area contributed by atoms with Crippen LogP contribution in [0.3, 0.4) is 0 Å². The monoisotopic (exact) mass is 260 g/mol. The van der Waals surface area contributed by atoms with Gasteiger partial charge in [0.05, 0.1) is 18.5 Å².